The number of carbonyl (C=O) groups is 1. The molecule has 1 heterocycles. The van der Waals surface area contributed by atoms with Gasteiger partial charge in [0, 0.05) is 37.3 Å². The highest BCUT2D eigenvalue weighted by Crippen LogP contribution is 2.28. The first-order valence-corrected chi connectivity index (χ1v) is 11.4. The second-order valence-electron chi connectivity index (χ2n) is 6.65. The standard InChI is InChI=1S/C23H16BrClN4O2S/c24-17-5-10-21(30)16(11-17)12-26-29-22(31)15-3-1-14(2-4-15)20-13-32-23(28-20)27-19-8-6-18(25)7-9-19/h1-13,30H,(H,27,28)(H,29,31)/b26-12-. The molecule has 160 valence electrons. The summed E-state index contributed by atoms with van der Waals surface area (Å²) in [6, 6.07) is 19.4. The number of halogens is 2. The summed E-state index contributed by atoms with van der Waals surface area (Å²) < 4.78 is 0.798. The van der Waals surface area contributed by atoms with E-state index in [-0.39, 0.29) is 11.7 Å². The van der Waals surface area contributed by atoms with Crippen LogP contribution in [0.3, 0.4) is 0 Å². The molecule has 0 saturated heterocycles. The minimum absolute atomic E-state index is 0.0729. The number of phenolic OH excluding ortho intramolecular Hbond substituents is 1. The number of thiazole rings is 1. The number of benzene rings is 3. The number of nitrogens with zero attached hydrogens (tertiary/aromatic N) is 2. The van der Waals surface area contributed by atoms with E-state index in [2.05, 4.69) is 36.8 Å². The summed E-state index contributed by atoms with van der Waals surface area (Å²) in [6.07, 6.45) is 1.39. The van der Waals surface area contributed by atoms with Crippen molar-refractivity contribution in [2.24, 2.45) is 5.10 Å². The Bertz CT molecular complexity index is 1270. The van der Waals surface area contributed by atoms with Gasteiger partial charge in [0.15, 0.2) is 5.13 Å². The molecule has 0 atom stereocenters. The van der Waals surface area contributed by atoms with Crippen molar-refractivity contribution in [2.75, 3.05) is 5.32 Å². The van der Waals surface area contributed by atoms with Gasteiger partial charge in [0.2, 0.25) is 0 Å². The van der Waals surface area contributed by atoms with E-state index in [1.165, 1.54) is 17.6 Å². The topological polar surface area (TPSA) is 86.6 Å². The van der Waals surface area contributed by atoms with E-state index in [4.69, 9.17) is 11.6 Å². The Morgan fingerprint density at radius 3 is 2.59 bits per heavy atom. The fourth-order valence-electron chi connectivity index (χ4n) is 2.77. The number of hydrazone groups is 1. The van der Waals surface area contributed by atoms with Crippen molar-refractivity contribution >= 4 is 61.8 Å². The molecule has 9 heteroatoms. The summed E-state index contributed by atoms with van der Waals surface area (Å²) in [5.74, 6) is -0.283. The van der Waals surface area contributed by atoms with Crippen LogP contribution >= 0.6 is 38.9 Å². The number of nitrogens with one attached hydrogen (secondary N) is 2. The predicted molar refractivity (Wildman–Crippen MR) is 133 cm³/mol. The smallest absolute Gasteiger partial charge is 0.271 e. The van der Waals surface area contributed by atoms with Gasteiger partial charge in [-0.05, 0) is 54.6 Å². The molecule has 3 N–H and O–H groups in total. The van der Waals surface area contributed by atoms with Crippen LogP contribution in [0.25, 0.3) is 11.3 Å². The molecular weight excluding hydrogens is 512 g/mol. The van der Waals surface area contributed by atoms with Gasteiger partial charge in [-0.15, -0.1) is 11.3 Å². The number of aromatic hydroxyl groups is 1. The van der Waals surface area contributed by atoms with Crippen LogP contribution in [0.4, 0.5) is 10.8 Å². The third-order valence-electron chi connectivity index (χ3n) is 4.40. The predicted octanol–water partition coefficient (Wildman–Crippen LogP) is 6.44. The summed E-state index contributed by atoms with van der Waals surface area (Å²) in [4.78, 5) is 16.9. The number of anilines is 2. The van der Waals surface area contributed by atoms with Crippen LogP contribution in [0.1, 0.15) is 15.9 Å². The van der Waals surface area contributed by atoms with Gasteiger partial charge in [-0.25, -0.2) is 10.4 Å². The number of hydrogen-bond acceptors (Lipinski definition) is 6. The van der Waals surface area contributed by atoms with Crippen molar-refractivity contribution in [3.05, 3.63) is 92.7 Å². The SMILES string of the molecule is O=C(N/N=C\c1cc(Br)ccc1O)c1ccc(-c2csc(Nc3ccc(Cl)cc3)n2)cc1. The molecular formula is C23H16BrClN4O2S. The van der Waals surface area contributed by atoms with Crippen molar-refractivity contribution in [1.29, 1.82) is 0 Å². The molecule has 4 aromatic rings. The van der Waals surface area contributed by atoms with E-state index in [0.717, 1.165) is 26.5 Å². The molecule has 6 nitrogen and oxygen atoms in total. The lowest BCUT2D eigenvalue weighted by Gasteiger charge is -2.03. The number of aromatic nitrogens is 1. The van der Waals surface area contributed by atoms with Gasteiger partial charge < -0.3 is 10.4 Å². The fraction of sp³-hybridized carbons (Fsp3) is 0. The van der Waals surface area contributed by atoms with E-state index < -0.39 is 0 Å². The molecule has 0 aliphatic rings. The van der Waals surface area contributed by atoms with E-state index >= 15 is 0 Å². The molecule has 0 aliphatic carbocycles. The van der Waals surface area contributed by atoms with Crippen LogP contribution in [0, 0.1) is 0 Å². The minimum atomic E-state index is -0.356. The quantitative estimate of drug-likeness (QED) is 0.199. The molecule has 3 aromatic carbocycles. The average Bonchev–Trinajstić information content (AvgIpc) is 3.26. The molecule has 0 unspecified atom stereocenters. The maximum atomic E-state index is 12.3. The van der Waals surface area contributed by atoms with Gasteiger partial charge in [0.1, 0.15) is 5.75 Å². The molecule has 0 radical (unpaired) electrons. The normalized spacial score (nSPS) is 10.9. The molecule has 4 rings (SSSR count). The third kappa shape index (κ3) is 5.53. The highest BCUT2D eigenvalue weighted by atomic mass is 79.9. The Kier molecular flexibility index (Phi) is 6.84. The first-order valence-electron chi connectivity index (χ1n) is 9.38. The van der Waals surface area contributed by atoms with Gasteiger partial charge >= 0.3 is 0 Å². The first-order chi connectivity index (χ1) is 15.5. The van der Waals surface area contributed by atoms with Crippen molar-refractivity contribution in [2.45, 2.75) is 0 Å². The zero-order valence-corrected chi connectivity index (χ0v) is 19.6. The molecule has 0 aliphatic heterocycles. The number of amides is 1. The van der Waals surface area contributed by atoms with Crippen molar-refractivity contribution in [3.8, 4) is 17.0 Å². The maximum absolute atomic E-state index is 12.3. The summed E-state index contributed by atoms with van der Waals surface area (Å²) in [6.45, 7) is 0. The number of rotatable bonds is 6. The summed E-state index contributed by atoms with van der Waals surface area (Å²) in [7, 11) is 0. The zero-order chi connectivity index (χ0) is 22.5. The van der Waals surface area contributed by atoms with Crippen LogP contribution in [0.5, 0.6) is 5.75 Å². The molecule has 0 fully saturated rings. The maximum Gasteiger partial charge on any atom is 0.271 e. The molecule has 1 amide bonds. The van der Waals surface area contributed by atoms with E-state index in [1.807, 2.05) is 41.8 Å². The van der Waals surface area contributed by atoms with Crippen LogP contribution < -0.4 is 10.7 Å². The van der Waals surface area contributed by atoms with Crippen molar-refractivity contribution in [1.82, 2.24) is 10.4 Å². The van der Waals surface area contributed by atoms with Gasteiger partial charge in [-0.2, -0.15) is 5.10 Å². The molecule has 1 aromatic heterocycles. The Labute approximate surface area is 201 Å². The number of hydrogen-bond donors (Lipinski definition) is 3. The second-order valence-corrected chi connectivity index (χ2v) is 8.86. The van der Waals surface area contributed by atoms with Gasteiger partial charge in [-0.1, -0.05) is 39.7 Å². The third-order valence-corrected chi connectivity index (χ3v) is 5.90. The van der Waals surface area contributed by atoms with Crippen LogP contribution in [-0.2, 0) is 0 Å². The van der Waals surface area contributed by atoms with Gasteiger partial charge in [0.05, 0.1) is 11.9 Å². The molecule has 0 spiro atoms. The average molecular weight is 528 g/mol. The Balaban J connectivity index is 1.39. The Morgan fingerprint density at radius 1 is 1.09 bits per heavy atom. The van der Waals surface area contributed by atoms with Crippen LogP contribution in [0.15, 0.2) is 81.7 Å². The van der Waals surface area contributed by atoms with E-state index in [1.54, 1.807) is 30.3 Å². The molecule has 0 saturated carbocycles. The van der Waals surface area contributed by atoms with E-state index in [9.17, 15) is 9.90 Å². The second kappa shape index (κ2) is 9.95. The minimum Gasteiger partial charge on any atom is -0.507 e. The van der Waals surface area contributed by atoms with Crippen molar-refractivity contribution < 1.29 is 9.90 Å². The lowest BCUT2D eigenvalue weighted by Crippen LogP contribution is -2.17. The van der Waals surface area contributed by atoms with E-state index in [0.29, 0.717) is 16.1 Å². The zero-order valence-electron chi connectivity index (χ0n) is 16.4. The molecule has 32 heavy (non-hydrogen) atoms. The van der Waals surface area contributed by atoms with Crippen LogP contribution in [0.2, 0.25) is 5.02 Å². The highest BCUT2D eigenvalue weighted by molar-refractivity contribution is 9.10. The fourth-order valence-corrected chi connectivity index (χ4v) is 4.01. The van der Waals surface area contributed by atoms with Gasteiger partial charge in [-0.3, -0.25) is 4.79 Å². The molecule has 0 bridgehead atoms. The van der Waals surface area contributed by atoms with Crippen molar-refractivity contribution in [3.63, 3.8) is 0 Å². The lowest BCUT2D eigenvalue weighted by molar-refractivity contribution is 0.0955. The Morgan fingerprint density at radius 2 is 1.84 bits per heavy atom. The lowest BCUT2D eigenvalue weighted by atomic mass is 10.1. The number of phenols is 1. The monoisotopic (exact) mass is 526 g/mol. The highest BCUT2D eigenvalue weighted by Gasteiger charge is 2.08. The summed E-state index contributed by atoms with van der Waals surface area (Å²) in [5, 5.41) is 20.4. The summed E-state index contributed by atoms with van der Waals surface area (Å²) in [5.41, 5.74) is 6.01. The van der Waals surface area contributed by atoms with Crippen LogP contribution in [-0.4, -0.2) is 22.2 Å². The first kappa shape index (κ1) is 22.0. The largest absolute Gasteiger partial charge is 0.507 e. The number of carbonyl (C=O) groups excluding carboxylic acids is 1. The van der Waals surface area contributed by atoms with Gasteiger partial charge in [0.25, 0.3) is 5.91 Å². The Hall–Kier alpha value is -3.20. The summed E-state index contributed by atoms with van der Waals surface area (Å²) >= 11 is 10.7.